The Balaban J connectivity index is 1.71. The summed E-state index contributed by atoms with van der Waals surface area (Å²) in [6.07, 6.45) is 12.7. The Morgan fingerprint density at radius 1 is 1.17 bits per heavy atom. The zero-order chi connectivity index (χ0) is 21.2. The Morgan fingerprint density at radius 3 is 2.52 bits per heavy atom. The van der Waals surface area contributed by atoms with Crippen molar-refractivity contribution in [1.82, 2.24) is 0 Å². The largest absolute Gasteiger partial charge is 0.393 e. The van der Waals surface area contributed by atoms with Crippen molar-refractivity contribution < 1.29 is 15.3 Å². The molecule has 0 aromatic carbocycles. The molecule has 162 valence electrons. The minimum atomic E-state index is -0.906. The van der Waals surface area contributed by atoms with Crippen LogP contribution >= 0.6 is 0 Å². The van der Waals surface area contributed by atoms with Crippen LogP contribution in [0.2, 0.25) is 0 Å². The molecular weight excluding hydrogens is 360 g/mol. The molecule has 3 heteroatoms. The van der Waals surface area contributed by atoms with Crippen molar-refractivity contribution in [2.24, 2.45) is 23.2 Å². The third kappa shape index (κ3) is 5.54. The molecule has 3 saturated carbocycles. The minimum Gasteiger partial charge on any atom is -0.393 e. The van der Waals surface area contributed by atoms with Crippen molar-refractivity contribution >= 4 is 0 Å². The molecule has 0 bridgehead atoms. The van der Waals surface area contributed by atoms with Gasteiger partial charge in [0, 0.05) is 6.42 Å². The normalized spacial score (nSPS) is 39.1. The summed E-state index contributed by atoms with van der Waals surface area (Å²) >= 11 is 0. The summed E-state index contributed by atoms with van der Waals surface area (Å²) in [6, 6.07) is 0. The van der Waals surface area contributed by atoms with Gasteiger partial charge in [-0.05, 0) is 88.4 Å². The molecule has 0 heterocycles. The maximum absolute atomic E-state index is 9.95. The maximum atomic E-state index is 9.95. The lowest BCUT2D eigenvalue weighted by Gasteiger charge is -2.44. The fraction of sp³-hybridized carbons (Fsp3) is 0.769. The van der Waals surface area contributed by atoms with Gasteiger partial charge in [-0.15, -0.1) is 5.92 Å². The number of rotatable bonds is 3. The van der Waals surface area contributed by atoms with Gasteiger partial charge in [0.25, 0.3) is 0 Å². The second-order valence-corrected chi connectivity index (χ2v) is 10.7. The number of fused-ring (bicyclic) bond motifs is 1. The lowest BCUT2D eigenvalue weighted by atomic mass is 9.61. The third-order valence-corrected chi connectivity index (χ3v) is 7.62. The van der Waals surface area contributed by atoms with Gasteiger partial charge in [0.05, 0.1) is 12.2 Å². The lowest BCUT2D eigenvalue weighted by Crippen LogP contribution is -2.36. The predicted molar refractivity (Wildman–Crippen MR) is 118 cm³/mol. The highest BCUT2D eigenvalue weighted by atomic mass is 16.3. The Bertz CT molecular complexity index is 690. The second-order valence-electron chi connectivity index (χ2n) is 10.7. The van der Waals surface area contributed by atoms with Gasteiger partial charge < -0.3 is 15.3 Å². The van der Waals surface area contributed by atoms with E-state index in [0.717, 1.165) is 6.42 Å². The summed E-state index contributed by atoms with van der Waals surface area (Å²) < 4.78 is 0. The van der Waals surface area contributed by atoms with Crippen molar-refractivity contribution in [2.75, 3.05) is 0 Å². The first kappa shape index (κ1) is 22.6. The Labute approximate surface area is 177 Å². The van der Waals surface area contributed by atoms with Gasteiger partial charge in [0.15, 0.2) is 0 Å². The molecule has 0 aromatic heterocycles. The van der Waals surface area contributed by atoms with Gasteiger partial charge in [-0.3, -0.25) is 0 Å². The van der Waals surface area contributed by atoms with Gasteiger partial charge in [0.2, 0.25) is 0 Å². The van der Waals surface area contributed by atoms with E-state index < -0.39 is 17.8 Å². The first-order valence-corrected chi connectivity index (χ1v) is 11.6. The summed E-state index contributed by atoms with van der Waals surface area (Å²) in [5, 5.41) is 29.7. The standard InChI is InChI=1S/C26H40O3/c1-18(7-5-13-25(2,3)29)23-11-12-24-20(8-6-14-26(23,24)4)10-9-19-15-21(27)17-22(28)16-19/h9-10,18,21-24,27-29H,6-8,11-12,14-17H2,1-4H3/b19-9?,20-10+/t18?,21-,22?,23?,24?,26-/m1/s1. The first-order valence-electron chi connectivity index (χ1n) is 11.6. The van der Waals surface area contributed by atoms with E-state index in [9.17, 15) is 15.3 Å². The van der Waals surface area contributed by atoms with Crippen LogP contribution in [0.15, 0.2) is 23.3 Å². The fourth-order valence-corrected chi connectivity index (χ4v) is 6.32. The number of hydrogen-bond acceptors (Lipinski definition) is 3. The molecule has 3 aliphatic carbocycles. The van der Waals surface area contributed by atoms with Gasteiger partial charge in [0.1, 0.15) is 5.60 Å². The quantitative estimate of drug-likeness (QED) is 0.599. The minimum absolute atomic E-state index is 0.337. The average Bonchev–Trinajstić information content (AvgIpc) is 2.95. The number of hydrogen-bond donors (Lipinski definition) is 3. The molecular formula is C26H40O3. The first-order chi connectivity index (χ1) is 13.6. The van der Waals surface area contributed by atoms with E-state index in [2.05, 4.69) is 37.8 Å². The van der Waals surface area contributed by atoms with E-state index >= 15 is 0 Å². The molecule has 3 N–H and O–H groups in total. The maximum Gasteiger partial charge on any atom is 0.119 e. The van der Waals surface area contributed by atoms with Crippen LogP contribution in [0.3, 0.4) is 0 Å². The van der Waals surface area contributed by atoms with Crippen molar-refractivity contribution in [3.63, 3.8) is 0 Å². The Morgan fingerprint density at radius 2 is 1.86 bits per heavy atom. The van der Waals surface area contributed by atoms with Crippen LogP contribution in [0.4, 0.5) is 0 Å². The molecule has 3 rings (SSSR count). The van der Waals surface area contributed by atoms with E-state index in [-0.39, 0.29) is 0 Å². The van der Waals surface area contributed by atoms with Crippen molar-refractivity contribution in [2.45, 2.75) is 103 Å². The van der Waals surface area contributed by atoms with Crippen LogP contribution in [0, 0.1) is 35.0 Å². The van der Waals surface area contributed by atoms with Gasteiger partial charge in [-0.25, -0.2) is 0 Å². The zero-order valence-corrected chi connectivity index (χ0v) is 18.7. The highest BCUT2D eigenvalue weighted by Crippen LogP contribution is 2.59. The van der Waals surface area contributed by atoms with Crippen LogP contribution in [0.25, 0.3) is 0 Å². The highest BCUT2D eigenvalue weighted by molar-refractivity contribution is 5.26. The summed E-state index contributed by atoms with van der Waals surface area (Å²) in [5.41, 5.74) is 2.18. The zero-order valence-electron chi connectivity index (χ0n) is 18.7. The third-order valence-electron chi connectivity index (χ3n) is 7.62. The van der Waals surface area contributed by atoms with Gasteiger partial charge in [-0.1, -0.05) is 43.1 Å². The van der Waals surface area contributed by atoms with E-state index in [0.29, 0.717) is 42.4 Å². The SMILES string of the molecule is CC(CC#CC(C)(C)O)C1CCC2/C(=C/C=C3CC(O)C[C@H](O)C3)CCC[C@@]21C. The summed E-state index contributed by atoms with van der Waals surface area (Å²) in [7, 11) is 0. The van der Waals surface area contributed by atoms with Crippen molar-refractivity contribution in [1.29, 1.82) is 0 Å². The summed E-state index contributed by atoms with van der Waals surface area (Å²) in [6.45, 7) is 8.31. The smallest absolute Gasteiger partial charge is 0.119 e. The molecule has 3 fully saturated rings. The Kier molecular flexibility index (Phi) is 6.99. The number of allylic oxidation sites excluding steroid dienone is 3. The van der Waals surface area contributed by atoms with E-state index in [1.54, 1.807) is 19.4 Å². The average molecular weight is 401 g/mol. The van der Waals surface area contributed by atoms with Crippen LogP contribution in [0.5, 0.6) is 0 Å². The highest BCUT2D eigenvalue weighted by Gasteiger charge is 2.50. The number of aliphatic hydroxyl groups is 3. The Hall–Kier alpha value is -1.08. The summed E-state index contributed by atoms with van der Waals surface area (Å²) in [5.74, 6) is 8.07. The van der Waals surface area contributed by atoms with Gasteiger partial charge >= 0.3 is 0 Å². The molecule has 4 unspecified atom stereocenters. The molecule has 0 spiro atoms. The summed E-state index contributed by atoms with van der Waals surface area (Å²) in [4.78, 5) is 0. The fourth-order valence-electron chi connectivity index (χ4n) is 6.32. The molecule has 3 aliphatic rings. The van der Waals surface area contributed by atoms with Crippen LogP contribution in [-0.2, 0) is 0 Å². The van der Waals surface area contributed by atoms with Crippen LogP contribution in [0.1, 0.15) is 85.5 Å². The second kappa shape index (κ2) is 8.96. The molecule has 0 aromatic rings. The van der Waals surface area contributed by atoms with Crippen molar-refractivity contribution in [3.8, 4) is 11.8 Å². The van der Waals surface area contributed by atoms with E-state index in [1.165, 1.54) is 37.7 Å². The molecule has 29 heavy (non-hydrogen) atoms. The van der Waals surface area contributed by atoms with Gasteiger partial charge in [-0.2, -0.15) is 0 Å². The molecule has 0 saturated heterocycles. The van der Waals surface area contributed by atoms with Crippen LogP contribution < -0.4 is 0 Å². The molecule has 0 radical (unpaired) electrons. The lowest BCUT2D eigenvalue weighted by molar-refractivity contribution is 0.0609. The molecule has 0 amide bonds. The topological polar surface area (TPSA) is 60.7 Å². The molecule has 6 atom stereocenters. The van der Waals surface area contributed by atoms with E-state index in [1.807, 2.05) is 0 Å². The number of aliphatic hydroxyl groups excluding tert-OH is 2. The van der Waals surface area contributed by atoms with Crippen LogP contribution in [-0.4, -0.2) is 33.1 Å². The van der Waals surface area contributed by atoms with Crippen molar-refractivity contribution in [3.05, 3.63) is 23.3 Å². The molecule has 3 nitrogen and oxygen atoms in total. The van der Waals surface area contributed by atoms with E-state index in [4.69, 9.17) is 0 Å². The predicted octanol–water partition coefficient (Wildman–Crippen LogP) is 4.76. The monoisotopic (exact) mass is 400 g/mol. The molecule has 0 aliphatic heterocycles.